The summed E-state index contributed by atoms with van der Waals surface area (Å²) < 4.78 is 35.0. The summed E-state index contributed by atoms with van der Waals surface area (Å²) in [4.78, 5) is 17.3. The average molecular weight is 492 g/mol. The Kier molecular flexibility index (Phi) is 10.6. The number of carbonyl (C=O) groups excluding carboxylic acids is 1. The van der Waals surface area contributed by atoms with Gasteiger partial charge in [-0.25, -0.2) is 13.8 Å². The minimum Gasteiger partial charge on any atom is -0.383 e. The predicted octanol–water partition coefficient (Wildman–Crippen LogP) is 3.82. The molecule has 0 radical (unpaired) electrons. The number of ether oxygens (including phenoxy) is 1. The third-order valence-corrected chi connectivity index (χ3v) is 6.57. The lowest BCUT2D eigenvalue weighted by atomic mass is 9.87. The SMILES string of the molecule is CCC[C@H](NC1CCc2cc(F)cc(F)c2C1)C(=O)Nc1cn(CCCNC(CC)COC)cn1. The lowest BCUT2D eigenvalue weighted by Crippen LogP contribution is -2.48. The summed E-state index contributed by atoms with van der Waals surface area (Å²) in [5.41, 5.74) is 1.27. The summed E-state index contributed by atoms with van der Waals surface area (Å²) in [6.07, 6.45) is 8.78. The summed E-state index contributed by atoms with van der Waals surface area (Å²) >= 11 is 0. The molecular weight excluding hydrogens is 452 g/mol. The molecule has 0 spiro atoms. The van der Waals surface area contributed by atoms with Gasteiger partial charge in [0.2, 0.25) is 5.91 Å². The molecule has 1 aromatic carbocycles. The maximum absolute atomic E-state index is 14.3. The first-order valence-electron chi connectivity index (χ1n) is 12.7. The first-order valence-corrected chi connectivity index (χ1v) is 12.7. The minimum absolute atomic E-state index is 0.0418. The summed E-state index contributed by atoms with van der Waals surface area (Å²) in [7, 11) is 1.71. The molecule has 194 valence electrons. The average Bonchev–Trinajstić information content (AvgIpc) is 3.28. The van der Waals surface area contributed by atoms with Crippen LogP contribution in [0.5, 0.6) is 0 Å². The van der Waals surface area contributed by atoms with Crippen molar-refractivity contribution in [2.45, 2.75) is 83.5 Å². The van der Waals surface area contributed by atoms with E-state index in [1.54, 1.807) is 13.4 Å². The van der Waals surface area contributed by atoms with Gasteiger partial charge >= 0.3 is 0 Å². The van der Waals surface area contributed by atoms with Gasteiger partial charge in [0.25, 0.3) is 0 Å². The molecule has 0 saturated heterocycles. The van der Waals surface area contributed by atoms with Crippen LogP contribution < -0.4 is 16.0 Å². The second-order valence-electron chi connectivity index (χ2n) is 9.33. The van der Waals surface area contributed by atoms with Gasteiger partial charge in [0.15, 0.2) is 5.82 Å². The third kappa shape index (κ3) is 8.08. The summed E-state index contributed by atoms with van der Waals surface area (Å²) in [6, 6.07) is 2.26. The Morgan fingerprint density at radius 1 is 1.31 bits per heavy atom. The van der Waals surface area contributed by atoms with E-state index in [-0.39, 0.29) is 11.9 Å². The second-order valence-corrected chi connectivity index (χ2v) is 9.33. The van der Waals surface area contributed by atoms with Crippen LogP contribution in [0.25, 0.3) is 0 Å². The summed E-state index contributed by atoms with van der Waals surface area (Å²) in [6.45, 7) is 6.53. The van der Waals surface area contributed by atoms with Gasteiger partial charge in [0.1, 0.15) is 11.6 Å². The Morgan fingerprint density at radius 2 is 2.14 bits per heavy atom. The molecule has 1 aliphatic rings. The number of aryl methyl sites for hydroxylation is 2. The van der Waals surface area contributed by atoms with Gasteiger partial charge in [-0.1, -0.05) is 20.3 Å². The zero-order valence-electron chi connectivity index (χ0n) is 21.1. The molecule has 9 heteroatoms. The van der Waals surface area contributed by atoms with Crippen LogP contribution in [0.3, 0.4) is 0 Å². The standard InChI is InChI=1S/C26H39F2N5O2/c1-4-7-24(31-21-9-8-18-12-19(27)13-23(28)22(18)14-21)26(34)32-25-15-33(17-30-25)11-6-10-29-20(5-2)16-35-3/h12-13,15,17,20-21,24,29,31H,4-11,14,16H2,1-3H3,(H,32,34)/t20?,21?,24-/m0/s1. The van der Waals surface area contributed by atoms with Gasteiger partial charge in [-0.05, 0) is 62.3 Å². The molecule has 3 atom stereocenters. The van der Waals surface area contributed by atoms with Crippen molar-refractivity contribution in [2.75, 3.05) is 25.6 Å². The van der Waals surface area contributed by atoms with E-state index in [9.17, 15) is 13.6 Å². The van der Waals surface area contributed by atoms with Crippen LogP contribution in [0, 0.1) is 11.6 Å². The van der Waals surface area contributed by atoms with Crippen molar-refractivity contribution in [2.24, 2.45) is 0 Å². The number of benzene rings is 1. The van der Waals surface area contributed by atoms with Crippen molar-refractivity contribution in [3.05, 3.63) is 47.4 Å². The first kappa shape index (κ1) is 27.2. The topological polar surface area (TPSA) is 80.2 Å². The first-order chi connectivity index (χ1) is 16.9. The van der Waals surface area contributed by atoms with Crippen molar-refractivity contribution in [1.29, 1.82) is 0 Å². The molecule has 2 unspecified atom stereocenters. The second kappa shape index (κ2) is 13.7. The molecule has 1 aliphatic carbocycles. The van der Waals surface area contributed by atoms with Crippen LogP contribution in [0.1, 0.15) is 57.1 Å². The lowest BCUT2D eigenvalue weighted by Gasteiger charge is -2.29. The fourth-order valence-electron chi connectivity index (χ4n) is 4.64. The molecular formula is C26H39F2N5O2. The number of carbonyl (C=O) groups is 1. The van der Waals surface area contributed by atoms with Crippen molar-refractivity contribution in [3.8, 4) is 0 Å². The lowest BCUT2D eigenvalue weighted by molar-refractivity contribution is -0.118. The van der Waals surface area contributed by atoms with Crippen LogP contribution in [0.15, 0.2) is 24.7 Å². The number of rotatable bonds is 14. The van der Waals surface area contributed by atoms with Gasteiger partial charge < -0.3 is 25.3 Å². The van der Waals surface area contributed by atoms with Crippen LogP contribution in [-0.4, -0.2) is 53.8 Å². The highest BCUT2D eigenvalue weighted by Crippen LogP contribution is 2.26. The van der Waals surface area contributed by atoms with Crippen LogP contribution in [-0.2, 0) is 28.9 Å². The quantitative estimate of drug-likeness (QED) is 0.350. The van der Waals surface area contributed by atoms with E-state index in [4.69, 9.17) is 4.74 Å². The Labute approximate surface area is 207 Å². The molecule has 1 amide bonds. The zero-order chi connectivity index (χ0) is 25.2. The molecule has 35 heavy (non-hydrogen) atoms. The normalized spacial score (nSPS) is 17.1. The number of halogens is 2. The Balaban J connectivity index is 1.50. The molecule has 0 bridgehead atoms. The van der Waals surface area contributed by atoms with E-state index in [0.29, 0.717) is 43.3 Å². The molecule has 3 N–H and O–H groups in total. The number of hydrogen-bond acceptors (Lipinski definition) is 5. The Morgan fingerprint density at radius 3 is 2.89 bits per heavy atom. The van der Waals surface area contributed by atoms with Crippen LogP contribution in [0.4, 0.5) is 14.6 Å². The smallest absolute Gasteiger partial charge is 0.242 e. The molecule has 3 rings (SSSR count). The van der Waals surface area contributed by atoms with E-state index < -0.39 is 17.7 Å². The molecule has 0 fully saturated rings. The molecule has 0 aliphatic heterocycles. The highest BCUT2D eigenvalue weighted by Gasteiger charge is 2.27. The van der Waals surface area contributed by atoms with Crippen molar-refractivity contribution in [1.82, 2.24) is 20.2 Å². The largest absolute Gasteiger partial charge is 0.383 e. The predicted molar refractivity (Wildman–Crippen MR) is 133 cm³/mol. The number of aromatic nitrogens is 2. The number of anilines is 1. The van der Waals surface area contributed by atoms with Gasteiger partial charge in [-0.2, -0.15) is 0 Å². The number of amides is 1. The van der Waals surface area contributed by atoms with Crippen LogP contribution in [0.2, 0.25) is 0 Å². The van der Waals surface area contributed by atoms with Gasteiger partial charge in [-0.15, -0.1) is 0 Å². The van der Waals surface area contributed by atoms with E-state index in [2.05, 4.69) is 27.9 Å². The number of hydrogen-bond donors (Lipinski definition) is 3. The molecule has 1 heterocycles. The molecule has 1 aromatic heterocycles. The van der Waals surface area contributed by atoms with Crippen molar-refractivity contribution < 1.29 is 18.3 Å². The molecule has 0 saturated carbocycles. The van der Waals surface area contributed by atoms with E-state index in [0.717, 1.165) is 50.4 Å². The number of imidazole rings is 1. The summed E-state index contributed by atoms with van der Waals surface area (Å²) in [5.74, 6) is -0.669. The van der Waals surface area contributed by atoms with Gasteiger partial charge in [-0.3, -0.25) is 4.79 Å². The number of nitrogens with one attached hydrogen (secondary N) is 3. The third-order valence-electron chi connectivity index (χ3n) is 6.57. The fourth-order valence-corrected chi connectivity index (χ4v) is 4.64. The maximum atomic E-state index is 14.3. The monoisotopic (exact) mass is 491 g/mol. The number of nitrogens with zero attached hydrogens (tertiary/aromatic N) is 2. The Hall–Kier alpha value is -2.36. The maximum Gasteiger partial charge on any atom is 0.242 e. The van der Waals surface area contributed by atoms with Crippen molar-refractivity contribution >= 4 is 11.7 Å². The van der Waals surface area contributed by atoms with Gasteiger partial charge in [0.05, 0.1) is 19.0 Å². The minimum atomic E-state index is -0.539. The summed E-state index contributed by atoms with van der Waals surface area (Å²) in [5, 5.41) is 9.81. The van der Waals surface area contributed by atoms with Crippen molar-refractivity contribution in [3.63, 3.8) is 0 Å². The number of fused-ring (bicyclic) bond motifs is 1. The van der Waals surface area contributed by atoms with E-state index >= 15 is 0 Å². The highest BCUT2D eigenvalue weighted by molar-refractivity contribution is 5.94. The van der Waals surface area contributed by atoms with E-state index in [1.165, 1.54) is 6.07 Å². The highest BCUT2D eigenvalue weighted by atomic mass is 19.1. The number of methoxy groups -OCH3 is 1. The van der Waals surface area contributed by atoms with Gasteiger partial charge in [0, 0.05) is 38.0 Å². The van der Waals surface area contributed by atoms with Crippen LogP contribution >= 0.6 is 0 Å². The Bertz CT molecular complexity index is 952. The molecule has 2 aromatic rings. The van der Waals surface area contributed by atoms with E-state index in [1.807, 2.05) is 17.7 Å². The fraction of sp³-hybridized carbons (Fsp3) is 0.615. The molecule has 7 nitrogen and oxygen atoms in total. The zero-order valence-corrected chi connectivity index (χ0v) is 21.1.